The number of hydrogen-bond acceptors (Lipinski definition) is 6. The maximum absolute atomic E-state index is 10.9. The number of hydrogen-bond donors (Lipinski definition) is 0. The molecule has 114 valence electrons. The van der Waals surface area contributed by atoms with Crippen molar-refractivity contribution < 1.29 is 9.66 Å². The first-order chi connectivity index (χ1) is 10.5. The smallest absolute Gasteiger partial charge is 0.271 e. The number of nitro benzene ring substituents is 1. The highest BCUT2D eigenvalue weighted by Gasteiger charge is 2.14. The molecule has 0 aliphatic heterocycles. The van der Waals surface area contributed by atoms with Crippen molar-refractivity contribution in [3.8, 4) is 17.9 Å². The highest BCUT2D eigenvalue weighted by atomic mass is 16.6. The monoisotopic (exact) mass is 300 g/mol. The maximum Gasteiger partial charge on any atom is 0.271 e. The van der Waals surface area contributed by atoms with Gasteiger partial charge in [-0.25, -0.2) is 0 Å². The Morgan fingerprint density at radius 1 is 1.45 bits per heavy atom. The van der Waals surface area contributed by atoms with Crippen LogP contribution >= 0.6 is 0 Å². The molecule has 0 aromatic heterocycles. The molecule has 0 aliphatic rings. The molecule has 22 heavy (non-hydrogen) atoms. The van der Waals surface area contributed by atoms with Crippen molar-refractivity contribution in [1.29, 1.82) is 10.5 Å². The molecular weight excluding hydrogens is 284 g/mol. The number of ether oxygens (including phenoxy) is 1. The van der Waals surface area contributed by atoms with E-state index in [1.54, 1.807) is 30.2 Å². The molecule has 1 rings (SSSR count). The summed E-state index contributed by atoms with van der Waals surface area (Å²) >= 11 is 0. The van der Waals surface area contributed by atoms with Crippen LogP contribution in [0.3, 0.4) is 0 Å². The summed E-state index contributed by atoms with van der Waals surface area (Å²) in [5.41, 5.74) is 0.484. The molecule has 0 fully saturated rings. The largest absolute Gasteiger partial charge is 0.491 e. The van der Waals surface area contributed by atoms with E-state index >= 15 is 0 Å². The Kier molecular flexibility index (Phi) is 6.39. The number of nitriles is 2. The van der Waals surface area contributed by atoms with Gasteiger partial charge in [0.15, 0.2) is 0 Å². The molecule has 0 unspecified atom stereocenters. The van der Waals surface area contributed by atoms with Crippen LogP contribution in [0.5, 0.6) is 5.75 Å². The molecule has 0 radical (unpaired) electrons. The lowest BCUT2D eigenvalue weighted by atomic mass is 10.2. The van der Waals surface area contributed by atoms with Crippen LogP contribution in [-0.4, -0.2) is 25.1 Å². The minimum Gasteiger partial charge on any atom is -0.491 e. The Labute approximate surface area is 128 Å². The van der Waals surface area contributed by atoms with E-state index in [1.165, 1.54) is 18.2 Å². The summed E-state index contributed by atoms with van der Waals surface area (Å²) in [7, 11) is 1.71. The maximum atomic E-state index is 10.9. The number of benzene rings is 1. The first kappa shape index (κ1) is 17.0. The van der Waals surface area contributed by atoms with E-state index < -0.39 is 4.92 Å². The van der Waals surface area contributed by atoms with Crippen LogP contribution in [0.15, 0.2) is 29.8 Å². The summed E-state index contributed by atoms with van der Waals surface area (Å²) in [4.78, 5) is 12.1. The van der Waals surface area contributed by atoms with Gasteiger partial charge in [-0.15, -0.1) is 0 Å². The molecule has 0 spiro atoms. The van der Waals surface area contributed by atoms with E-state index in [0.29, 0.717) is 18.0 Å². The summed E-state index contributed by atoms with van der Waals surface area (Å²) in [6, 6.07) is 7.89. The van der Waals surface area contributed by atoms with Crippen LogP contribution in [0.1, 0.15) is 13.3 Å². The average molecular weight is 300 g/mol. The third-order valence-electron chi connectivity index (χ3n) is 2.84. The molecule has 1 aromatic rings. The molecule has 7 heteroatoms. The SMILES string of the molecule is CCCOc1ccc([N+](=O)[O-])cc1N(C)CC=C(C#N)C#N. The van der Waals surface area contributed by atoms with Crippen molar-refractivity contribution in [1.82, 2.24) is 0 Å². The quantitative estimate of drug-likeness (QED) is 0.435. The van der Waals surface area contributed by atoms with Crippen LogP contribution in [0.2, 0.25) is 0 Å². The number of likely N-dealkylation sites (N-methyl/N-ethyl adjacent to an activating group) is 1. The second kappa shape index (κ2) is 8.28. The first-order valence-electron chi connectivity index (χ1n) is 6.66. The van der Waals surface area contributed by atoms with Gasteiger partial charge in [-0.1, -0.05) is 6.92 Å². The van der Waals surface area contributed by atoms with E-state index in [2.05, 4.69) is 0 Å². The minimum absolute atomic E-state index is 0.00620. The van der Waals surface area contributed by atoms with Crippen molar-refractivity contribution in [3.63, 3.8) is 0 Å². The lowest BCUT2D eigenvalue weighted by Gasteiger charge is -2.20. The van der Waals surface area contributed by atoms with E-state index in [9.17, 15) is 10.1 Å². The Morgan fingerprint density at radius 3 is 2.68 bits per heavy atom. The zero-order chi connectivity index (χ0) is 16.5. The molecule has 0 atom stereocenters. The van der Waals surface area contributed by atoms with Gasteiger partial charge in [0, 0.05) is 25.7 Å². The predicted molar refractivity (Wildman–Crippen MR) is 81.5 cm³/mol. The number of non-ortho nitro benzene ring substituents is 1. The van der Waals surface area contributed by atoms with Gasteiger partial charge < -0.3 is 9.64 Å². The average Bonchev–Trinajstić information content (AvgIpc) is 2.53. The Morgan fingerprint density at radius 2 is 2.14 bits per heavy atom. The molecule has 0 saturated carbocycles. The van der Waals surface area contributed by atoms with Crippen molar-refractivity contribution in [2.24, 2.45) is 0 Å². The predicted octanol–water partition coefficient (Wildman–Crippen LogP) is 2.79. The fourth-order valence-electron chi connectivity index (χ4n) is 1.69. The zero-order valence-electron chi connectivity index (χ0n) is 12.4. The van der Waals surface area contributed by atoms with E-state index in [0.717, 1.165) is 6.42 Å². The van der Waals surface area contributed by atoms with Crippen molar-refractivity contribution in [2.75, 3.05) is 25.1 Å². The Bertz CT molecular complexity index is 640. The number of nitro groups is 1. The van der Waals surface area contributed by atoms with Gasteiger partial charge >= 0.3 is 0 Å². The summed E-state index contributed by atoms with van der Waals surface area (Å²) in [5.74, 6) is 0.527. The summed E-state index contributed by atoms with van der Waals surface area (Å²) in [5, 5.41) is 28.4. The van der Waals surface area contributed by atoms with Crippen molar-refractivity contribution in [3.05, 3.63) is 40.0 Å². The molecule has 0 saturated heterocycles. The molecule has 1 aromatic carbocycles. The fourth-order valence-corrected chi connectivity index (χ4v) is 1.69. The molecule has 7 nitrogen and oxygen atoms in total. The van der Waals surface area contributed by atoms with Crippen LogP contribution in [0.25, 0.3) is 0 Å². The van der Waals surface area contributed by atoms with Crippen molar-refractivity contribution in [2.45, 2.75) is 13.3 Å². The van der Waals surface area contributed by atoms with Crippen LogP contribution in [0.4, 0.5) is 11.4 Å². The van der Waals surface area contributed by atoms with Gasteiger partial charge in [0.2, 0.25) is 0 Å². The van der Waals surface area contributed by atoms with Gasteiger partial charge in [-0.2, -0.15) is 10.5 Å². The lowest BCUT2D eigenvalue weighted by molar-refractivity contribution is -0.384. The standard InChI is InChI=1S/C15H16N4O3/c1-3-8-22-15-5-4-13(19(20)21)9-14(15)18(2)7-6-12(10-16)11-17/h4-6,9H,3,7-8H2,1-2H3. The van der Waals surface area contributed by atoms with Gasteiger partial charge in [0.25, 0.3) is 5.69 Å². The molecule has 0 aliphatic carbocycles. The summed E-state index contributed by atoms with van der Waals surface area (Å²) < 4.78 is 5.59. The second-order valence-electron chi connectivity index (χ2n) is 4.48. The zero-order valence-corrected chi connectivity index (χ0v) is 12.4. The molecule has 0 N–H and O–H groups in total. The number of allylic oxidation sites excluding steroid dienone is 1. The topological polar surface area (TPSA) is 103 Å². The molecule has 0 bridgehead atoms. The Balaban J connectivity index is 3.09. The molecular formula is C15H16N4O3. The highest BCUT2D eigenvalue weighted by molar-refractivity contribution is 5.63. The fraction of sp³-hybridized carbons (Fsp3) is 0.333. The first-order valence-corrected chi connectivity index (χ1v) is 6.66. The van der Waals surface area contributed by atoms with Gasteiger partial charge in [-0.3, -0.25) is 10.1 Å². The normalized spacial score (nSPS) is 9.27. The minimum atomic E-state index is -0.479. The highest BCUT2D eigenvalue weighted by Crippen LogP contribution is 2.32. The number of anilines is 1. The van der Waals surface area contributed by atoms with Gasteiger partial charge in [0.1, 0.15) is 23.5 Å². The third kappa shape index (κ3) is 4.50. The Hall–Kier alpha value is -3.06. The molecule has 0 heterocycles. The van der Waals surface area contributed by atoms with E-state index in [4.69, 9.17) is 15.3 Å². The van der Waals surface area contributed by atoms with Crippen molar-refractivity contribution >= 4 is 11.4 Å². The van der Waals surface area contributed by atoms with Gasteiger partial charge in [0.05, 0.1) is 17.2 Å². The number of rotatable bonds is 7. The molecule has 0 amide bonds. The third-order valence-corrected chi connectivity index (χ3v) is 2.84. The summed E-state index contributed by atoms with van der Waals surface area (Å²) in [6.07, 6.45) is 2.27. The lowest BCUT2D eigenvalue weighted by Crippen LogP contribution is -2.18. The number of nitrogens with zero attached hydrogens (tertiary/aromatic N) is 4. The van der Waals surface area contributed by atoms with E-state index in [-0.39, 0.29) is 17.8 Å². The van der Waals surface area contributed by atoms with Gasteiger partial charge in [-0.05, 0) is 18.6 Å². The van der Waals surface area contributed by atoms with Crippen LogP contribution < -0.4 is 9.64 Å². The second-order valence-corrected chi connectivity index (χ2v) is 4.48. The van der Waals surface area contributed by atoms with Crippen LogP contribution in [0, 0.1) is 32.8 Å². The van der Waals surface area contributed by atoms with E-state index in [1.807, 2.05) is 6.92 Å². The summed E-state index contributed by atoms with van der Waals surface area (Å²) in [6.45, 7) is 2.72. The van der Waals surface area contributed by atoms with Crippen LogP contribution in [-0.2, 0) is 0 Å².